The first-order valence-electron chi connectivity index (χ1n) is 12.5. The number of nitrogens with one attached hydrogen (secondary N) is 1. The number of aromatic hydroxyl groups is 1. The third kappa shape index (κ3) is 5.15. The molecule has 3 heterocycles. The molecule has 2 aliphatic heterocycles. The van der Waals surface area contributed by atoms with Crippen LogP contribution in [0.15, 0.2) is 53.3 Å². The van der Waals surface area contributed by atoms with Crippen LogP contribution in [-0.2, 0) is 0 Å². The Morgan fingerprint density at radius 2 is 1.74 bits per heavy atom. The second-order valence-electron chi connectivity index (χ2n) is 9.69. The van der Waals surface area contributed by atoms with Crippen molar-refractivity contribution >= 4 is 5.91 Å². The molecule has 182 valence electrons. The normalized spacial score (nSPS) is 17.5. The van der Waals surface area contributed by atoms with Crippen LogP contribution in [0.2, 0.25) is 0 Å². The predicted molar refractivity (Wildman–Crippen MR) is 136 cm³/mol. The van der Waals surface area contributed by atoms with Gasteiger partial charge < -0.3 is 19.9 Å². The molecule has 1 amide bonds. The smallest absolute Gasteiger partial charge is 0.345 e. The molecule has 2 fully saturated rings. The lowest BCUT2D eigenvalue weighted by Crippen LogP contribution is -2.48. The van der Waals surface area contributed by atoms with Gasteiger partial charge in [0.25, 0.3) is 5.91 Å². The maximum atomic E-state index is 13.3. The molecule has 35 heavy (non-hydrogen) atoms. The zero-order valence-corrected chi connectivity index (χ0v) is 20.2. The van der Waals surface area contributed by atoms with Crippen molar-refractivity contribution in [3.8, 4) is 28.3 Å². The Kier molecular flexibility index (Phi) is 6.68. The monoisotopic (exact) mass is 472 g/mol. The number of aromatic amines is 1. The molecule has 2 aromatic carbocycles. The molecule has 0 spiro atoms. The summed E-state index contributed by atoms with van der Waals surface area (Å²) >= 11 is 0. The molecular weight excluding hydrogens is 440 g/mol. The van der Waals surface area contributed by atoms with Gasteiger partial charge in [-0.05, 0) is 93.2 Å². The number of phenolic OH excluding ortho intramolecular Hbond substituents is 1. The SMILES string of the molecule is Cc1cc(-c2cc(-c3cccc(C(=O)N4CCC(N5CCCCC5)CC4)c3)nc(=O)[nH]2)ccc1O. The Bertz CT molecular complexity index is 1270. The highest BCUT2D eigenvalue weighted by Crippen LogP contribution is 2.27. The van der Waals surface area contributed by atoms with E-state index in [4.69, 9.17) is 0 Å². The highest BCUT2D eigenvalue weighted by Gasteiger charge is 2.28. The second kappa shape index (κ2) is 10.0. The van der Waals surface area contributed by atoms with E-state index < -0.39 is 5.69 Å². The Labute approximate surface area is 205 Å². The molecule has 1 aromatic heterocycles. The third-order valence-corrected chi connectivity index (χ3v) is 7.32. The first-order chi connectivity index (χ1) is 17.0. The van der Waals surface area contributed by atoms with E-state index in [-0.39, 0.29) is 11.7 Å². The van der Waals surface area contributed by atoms with Gasteiger partial charge in [-0.25, -0.2) is 4.79 Å². The number of aromatic nitrogens is 2. The van der Waals surface area contributed by atoms with Crippen LogP contribution in [-0.4, -0.2) is 63.0 Å². The Balaban J connectivity index is 1.33. The van der Waals surface area contributed by atoms with Gasteiger partial charge in [-0.2, -0.15) is 4.98 Å². The molecule has 0 unspecified atom stereocenters. The maximum Gasteiger partial charge on any atom is 0.345 e. The minimum atomic E-state index is -0.459. The van der Waals surface area contributed by atoms with E-state index in [1.807, 2.05) is 42.2 Å². The fourth-order valence-corrected chi connectivity index (χ4v) is 5.30. The average Bonchev–Trinajstić information content (AvgIpc) is 2.90. The van der Waals surface area contributed by atoms with E-state index in [0.717, 1.165) is 42.6 Å². The molecule has 0 radical (unpaired) electrons. The van der Waals surface area contributed by atoms with Crippen molar-refractivity contribution in [2.75, 3.05) is 26.2 Å². The summed E-state index contributed by atoms with van der Waals surface area (Å²) in [4.78, 5) is 37.1. The summed E-state index contributed by atoms with van der Waals surface area (Å²) in [6.07, 6.45) is 5.96. The number of carbonyl (C=O) groups is 1. The molecule has 0 saturated carbocycles. The van der Waals surface area contributed by atoms with Crippen molar-refractivity contribution < 1.29 is 9.90 Å². The number of benzene rings is 2. The third-order valence-electron chi connectivity index (χ3n) is 7.32. The van der Waals surface area contributed by atoms with Crippen LogP contribution in [0.4, 0.5) is 0 Å². The van der Waals surface area contributed by atoms with E-state index >= 15 is 0 Å². The number of H-pyrrole nitrogens is 1. The van der Waals surface area contributed by atoms with E-state index in [9.17, 15) is 14.7 Å². The van der Waals surface area contributed by atoms with Gasteiger partial charge in [0.1, 0.15) is 5.75 Å². The van der Waals surface area contributed by atoms with E-state index in [2.05, 4.69) is 14.9 Å². The summed E-state index contributed by atoms with van der Waals surface area (Å²) < 4.78 is 0. The van der Waals surface area contributed by atoms with Crippen LogP contribution in [0.1, 0.15) is 48.0 Å². The molecule has 2 N–H and O–H groups in total. The topological polar surface area (TPSA) is 89.5 Å². The number of hydrogen-bond donors (Lipinski definition) is 2. The standard InChI is InChI=1S/C28H32N4O3/c1-19-16-21(8-9-26(19)33)25-18-24(29-28(35)30-25)20-6-5-7-22(17-20)27(34)32-14-10-23(11-15-32)31-12-3-2-4-13-31/h5-9,16-18,23,33H,2-4,10-15H2,1H3,(H,29,30,35). The van der Waals surface area contributed by atoms with Crippen molar-refractivity contribution in [1.82, 2.24) is 19.8 Å². The van der Waals surface area contributed by atoms with Gasteiger partial charge in [-0.3, -0.25) is 4.79 Å². The first kappa shape index (κ1) is 23.3. The van der Waals surface area contributed by atoms with Crippen LogP contribution in [0.5, 0.6) is 5.75 Å². The Hall–Kier alpha value is -3.45. The van der Waals surface area contributed by atoms with Crippen molar-refractivity contribution in [2.45, 2.75) is 45.1 Å². The number of hydrogen-bond acceptors (Lipinski definition) is 5. The summed E-state index contributed by atoms with van der Waals surface area (Å²) in [5.41, 5.74) is 3.50. The molecule has 7 heteroatoms. The number of likely N-dealkylation sites (tertiary alicyclic amines) is 2. The minimum absolute atomic E-state index is 0.0307. The number of amides is 1. The van der Waals surface area contributed by atoms with E-state index in [1.165, 1.54) is 32.4 Å². The van der Waals surface area contributed by atoms with Crippen LogP contribution in [0, 0.1) is 6.92 Å². The molecule has 3 aromatic rings. The summed E-state index contributed by atoms with van der Waals surface area (Å²) in [5, 5.41) is 9.83. The van der Waals surface area contributed by atoms with Crippen LogP contribution >= 0.6 is 0 Å². The van der Waals surface area contributed by atoms with E-state index in [0.29, 0.717) is 23.0 Å². The lowest BCUT2D eigenvalue weighted by atomic mass is 9.99. The summed E-state index contributed by atoms with van der Waals surface area (Å²) in [5.74, 6) is 0.236. The largest absolute Gasteiger partial charge is 0.508 e. The van der Waals surface area contributed by atoms with Crippen LogP contribution in [0.25, 0.3) is 22.5 Å². The zero-order chi connectivity index (χ0) is 24.4. The van der Waals surface area contributed by atoms with Crippen molar-refractivity contribution in [3.05, 3.63) is 70.1 Å². The molecule has 0 bridgehead atoms. The maximum absolute atomic E-state index is 13.3. The van der Waals surface area contributed by atoms with Crippen molar-refractivity contribution in [2.24, 2.45) is 0 Å². The molecule has 0 atom stereocenters. The van der Waals surface area contributed by atoms with Gasteiger partial charge >= 0.3 is 5.69 Å². The first-order valence-corrected chi connectivity index (χ1v) is 12.5. The number of phenols is 1. The van der Waals surface area contributed by atoms with Crippen LogP contribution in [0.3, 0.4) is 0 Å². The Morgan fingerprint density at radius 1 is 0.971 bits per heavy atom. The molecule has 2 saturated heterocycles. The second-order valence-corrected chi connectivity index (χ2v) is 9.69. The summed E-state index contributed by atoms with van der Waals surface area (Å²) in [6.45, 7) is 5.74. The molecule has 5 rings (SSSR count). The number of carbonyl (C=O) groups excluding carboxylic acids is 1. The van der Waals surface area contributed by atoms with Gasteiger partial charge in [0.05, 0.1) is 11.4 Å². The summed E-state index contributed by atoms with van der Waals surface area (Å²) in [6, 6.07) is 14.9. The van der Waals surface area contributed by atoms with E-state index in [1.54, 1.807) is 18.2 Å². The molecular formula is C28H32N4O3. The highest BCUT2D eigenvalue weighted by molar-refractivity contribution is 5.95. The number of rotatable bonds is 4. The zero-order valence-electron chi connectivity index (χ0n) is 20.2. The number of nitrogens with zero attached hydrogens (tertiary/aromatic N) is 3. The highest BCUT2D eigenvalue weighted by atomic mass is 16.3. The van der Waals surface area contributed by atoms with Crippen LogP contribution < -0.4 is 5.69 Å². The lowest BCUT2D eigenvalue weighted by molar-refractivity contribution is 0.0590. The van der Waals surface area contributed by atoms with Gasteiger partial charge in [0.15, 0.2) is 0 Å². The fraction of sp³-hybridized carbons (Fsp3) is 0.393. The number of piperidine rings is 2. The van der Waals surface area contributed by atoms with Crippen molar-refractivity contribution in [3.63, 3.8) is 0 Å². The summed E-state index contributed by atoms with van der Waals surface area (Å²) in [7, 11) is 0. The van der Waals surface area contributed by atoms with Gasteiger partial charge in [0, 0.05) is 30.3 Å². The fourth-order valence-electron chi connectivity index (χ4n) is 5.30. The molecule has 7 nitrogen and oxygen atoms in total. The molecule has 0 aliphatic carbocycles. The van der Waals surface area contributed by atoms with Crippen molar-refractivity contribution in [1.29, 1.82) is 0 Å². The molecule has 2 aliphatic rings. The van der Waals surface area contributed by atoms with Gasteiger partial charge in [-0.1, -0.05) is 18.6 Å². The Morgan fingerprint density at radius 3 is 2.49 bits per heavy atom. The quantitative estimate of drug-likeness (QED) is 0.594. The minimum Gasteiger partial charge on any atom is -0.508 e. The van der Waals surface area contributed by atoms with Gasteiger partial charge in [-0.15, -0.1) is 0 Å². The average molecular weight is 473 g/mol. The van der Waals surface area contributed by atoms with Gasteiger partial charge in [0.2, 0.25) is 0 Å². The predicted octanol–water partition coefficient (Wildman–Crippen LogP) is 4.21. The lowest BCUT2D eigenvalue weighted by Gasteiger charge is -2.40. The number of aryl methyl sites for hydroxylation is 1.